The maximum atomic E-state index is 4.99. The summed E-state index contributed by atoms with van der Waals surface area (Å²) in [7, 11) is 1.69. The lowest BCUT2D eigenvalue weighted by Crippen LogP contribution is -2.31. The van der Waals surface area contributed by atoms with E-state index in [1.165, 1.54) is 34.2 Å². The standard InChI is InChI=1S/C19H24N2OS/c1-22-11-4-3-9-21-10-5-6-16(21)12-15-14-20-19-8-7-17(23-2)13-18(15)19/h7-8,13-14,16,20H,5-6,9-12H2,1-2H3/t16-/m1/s1. The number of likely N-dealkylation sites (tertiary alicyclic amines) is 1. The maximum Gasteiger partial charge on any atom is 0.107 e. The fraction of sp³-hybridized carbons (Fsp3) is 0.474. The van der Waals surface area contributed by atoms with E-state index in [0.29, 0.717) is 12.6 Å². The molecule has 3 nitrogen and oxygen atoms in total. The number of methoxy groups -OCH3 is 1. The van der Waals surface area contributed by atoms with Crippen molar-refractivity contribution in [2.75, 3.05) is 33.1 Å². The van der Waals surface area contributed by atoms with Crippen molar-refractivity contribution in [1.29, 1.82) is 0 Å². The predicted octanol–water partition coefficient (Wildman–Crippen LogP) is 3.55. The van der Waals surface area contributed by atoms with Crippen LogP contribution in [0.3, 0.4) is 0 Å². The molecular weight excluding hydrogens is 304 g/mol. The van der Waals surface area contributed by atoms with Crippen LogP contribution in [0.1, 0.15) is 18.4 Å². The fourth-order valence-corrected chi connectivity index (χ4v) is 3.76. The molecule has 2 aromatic rings. The Hall–Kier alpha value is -1.41. The zero-order chi connectivity index (χ0) is 16.1. The van der Waals surface area contributed by atoms with Crippen LogP contribution in [0, 0.1) is 11.8 Å². The molecule has 1 aliphatic rings. The molecule has 1 N–H and O–H groups in total. The van der Waals surface area contributed by atoms with Crippen molar-refractivity contribution in [2.45, 2.75) is 30.2 Å². The normalized spacial score (nSPS) is 18.3. The third-order valence-electron chi connectivity index (χ3n) is 4.55. The molecule has 1 aromatic heterocycles. The number of aromatic amines is 1. The highest BCUT2D eigenvalue weighted by Gasteiger charge is 2.24. The summed E-state index contributed by atoms with van der Waals surface area (Å²) < 4.78 is 4.99. The third kappa shape index (κ3) is 3.92. The Morgan fingerprint density at radius 3 is 3.13 bits per heavy atom. The first kappa shape index (κ1) is 16.4. The third-order valence-corrected chi connectivity index (χ3v) is 5.28. The van der Waals surface area contributed by atoms with Gasteiger partial charge in [-0.05, 0) is 55.8 Å². The van der Waals surface area contributed by atoms with Crippen LogP contribution in [-0.4, -0.2) is 49.0 Å². The zero-order valence-corrected chi connectivity index (χ0v) is 14.7. The van der Waals surface area contributed by atoms with Crippen LogP contribution in [0.5, 0.6) is 0 Å². The largest absolute Gasteiger partial charge is 0.372 e. The van der Waals surface area contributed by atoms with Gasteiger partial charge in [-0.2, -0.15) is 0 Å². The van der Waals surface area contributed by atoms with Gasteiger partial charge in [0.25, 0.3) is 0 Å². The van der Waals surface area contributed by atoms with Gasteiger partial charge >= 0.3 is 0 Å². The molecule has 1 atom stereocenters. The molecule has 0 aliphatic carbocycles. The molecule has 1 saturated heterocycles. The first-order valence-electron chi connectivity index (χ1n) is 8.14. The molecular formula is C19H24N2OS. The molecule has 4 heteroatoms. The number of nitrogens with one attached hydrogen (secondary N) is 1. The Morgan fingerprint density at radius 1 is 1.39 bits per heavy atom. The Bertz CT molecular complexity index is 713. The number of rotatable bonds is 5. The number of H-pyrrole nitrogens is 1. The minimum Gasteiger partial charge on any atom is -0.372 e. The Balaban J connectivity index is 1.72. The van der Waals surface area contributed by atoms with Crippen molar-refractivity contribution < 1.29 is 4.74 Å². The van der Waals surface area contributed by atoms with E-state index in [1.54, 1.807) is 18.9 Å². The molecule has 0 unspecified atom stereocenters. The number of nitrogens with zero attached hydrogens (tertiary/aromatic N) is 1. The van der Waals surface area contributed by atoms with Gasteiger partial charge in [0.2, 0.25) is 0 Å². The first-order valence-corrected chi connectivity index (χ1v) is 9.37. The highest BCUT2D eigenvalue weighted by Crippen LogP contribution is 2.28. The SMILES string of the molecule is COCC#CCN1CCC[C@@H]1Cc1c[nH]c2ccc(SC)cc12. The summed E-state index contributed by atoms with van der Waals surface area (Å²) in [5, 5.41) is 1.37. The van der Waals surface area contributed by atoms with Crippen LogP contribution in [0.15, 0.2) is 29.3 Å². The second-order valence-corrected chi connectivity index (χ2v) is 6.86. The van der Waals surface area contributed by atoms with Crippen molar-refractivity contribution in [1.82, 2.24) is 9.88 Å². The number of thioether (sulfide) groups is 1. The Labute approximate surface area is 142 Å². The van der Waals surface area contributed by atoms with Gasteiger partial charge in [-0.25, -0.2) is 0 Å². The van der Waals surface area contributed by atoms with Crippen molar-refractivity contribution >= 4 is 22.7 Å². The van der Waals surface area contributed by atoms with E-state index < -0.39 is 0 Å². The van der Waals surface area contributed by atoms with E-state index in [1.807, 2.05) is 0 Å². The quantitative estimate of drug-likeness (QED) is 0.672. The molecule has 0 bridgehead atoms. The number of hydrogen-bond donors (Lipinski definition) is 1. The van der Waals surface area contributed by atoms with Crippen LogP contribution in [0.2, 0.25) is 0 Å². The van der Waals surface area contributed by atoms with Crippen LogP contribution in [0.4, 0.5) is 0 Å². The average molecular weight is 328 g/mol. The number of benzene rings is 1. The lowest BCUT2D eigenvalue weighted by atomic mass is 10.0. The maximum absolute atomic E-state index is 4.99. The number of aromatic nitrogens is 1. The highest BCUT2D eigenvalue weighted by atomic mass is 32.2. The molecule has 0 radical (unpaired) electrons. The van der Waals surface area contributed by atoms with Gasteiger partial charge in [0.1, 0.15) is 6.61 Å². The molecule has 23 heavy (non-hydrogen) atoms. The van der Waals surface area contributed by atoms with Crippen LogP contribution in [0.25, 0.3) is 10.9 Å². The molecule has 122 valence electrons. The summed E-state index contributed by atoms with van der Waals surface area (Å²) in [6, 6.07) is 7.28. The molecule has 3 rings (SSSR count). The van der Waals surface area contributed by atoms with E-state index in [-0.39, 0.29) is 0 Å². The van der Waals surface area contributed by atoms with E-state index in [9.17, 15) is 0 Å². The number of fused-ring (bicyclic) bond motifs is 1. The van der Waals surface area contributed by atoms with Gasteiger partial charge < -0.3 is 9.72 Å². The molecule has 0 saturated carbocycles. The minimum atomic E-state index is 0.526. The number of ether oxygens (including phenoxy) is 1. The lowest BCUT2D eigenvalue weighted by Gasteiger charge is -2.21. The van der Waals surface area contributed by atoms with Gasteiger partial charge in [0, 0.05) is 35.1 Å². The van der Waals surface area contributed by atoms with Gasteiger partial charge in [-0.15, -0.1) is 11.8 Å². The summed E-state index contributed by atoms with van der Waals surface area (Å²) in [6.07, 6.45) is 7.95. The smallest absolute Gasteiger partial charge is 0.107 e. The minimum absolute atomic E-state index is 0.526. The predicted molar refractivity (Wildman–Crippen MR) is 98.0 cm³/mol. The van der Waals surface area contributed by atoms with Crippen molar-refractivity contribution in [2.24, 2.45) is 0 Å². The average Bonchev–Trinajstić information content (AvgIpc) is 3.19. The summed E-state index contributed by atoms with van der Waals surface area (Å²) >= 11 is 1.80. The van der Waals surface area contributed by atoms with E-state index in [2.05, 4.69) is 52.4 Å². The van der Waals surface area contributed by atoms with E-state index >= 15 is 0 Å². The summed E-state index contributed by atoms with van der Waals surface area (Å²) in [6.45, 7) is 2.54. The topological polar surface area (TPSA) is 28.3 Å². The van der Waals surface area contributed by atoms with Gasteiger partial charge in [-0.1, -0.05) is 11.8 Å². The second-order valence-electron chi connectivity index (χ2n) is 5.98. The lowest BCUT2D eigenvalue weighted by molar-refractivity contribution is 0.239. The van der Waals surface area contributed by atoms with Gasteiger partial charge in [0.15, 0.2) is 0 Å². The number of hydrogen-bond acceptors (Lipinski definition) is 3. The molecule has 2 heterocycles. The Morgan fingerprint density at radius 2 is 2.30 bits per heavy atom. The van der Waals surface area contributed by atoms with Crippen molar-refractivity contribution in [3.8, 4) is 11.8 Å². The van der Waals surface area contributed by atoms with Crippen LogP contribution < -0.4 is 0 Å². The molecule has 1 aliphatic heterocycles. The Kier molecular flexibility index (Phi) is 5.66. The molecule has 1 fully saturated rings. The summed E-state index contributed by atoms with van der Waals surface area (Å²) in [4.78, 5) is 7.26. The van der Waals surface area contributed by atoms with Crippen molar-refractivity contribution in [3.05, 3.63) is 30.0 Å². The zero-order valence-electron chi connectivity index (χ0n) is 13.9. The summed E-state index contributed by atoms with van der Waals surface area (Å²) in [5.41, 5.74) is 2.67. The van der Waals surface area contributed by atoms with Crippen LogP contribution in [-0.2, 0) is 11.2 Å². The molecule has 1 aromatic carbocycles. The fourth-order valence-electron chi connectivity index (χ4n) is 3.32. The first-order chi connectivity index (χ1) is 11.3. The molecule has 0 amide bonds. The van der Waals surface area contributed by atoms with Gasteiger partial charge in [0.05, 0.1) is 6.54 Å². The molecule has 0 spiro atoms. The monoisotopic (exact) mass is 328 g/mol. The highest BCUT2D eigenvalue weighted by molar-refractivity contribution is 7.98. The van der Waals surface area contributed by atoms with Crippen LogP contribution >= 0.6 is 11.8 Å². The van der Waals surface area contributed by atoms with Gasteiger partial charge in [-0.3, -0.25) is 4.90 Å². The van der Waals surface area contributed by atoms with Crippen molar-refractivity contribution in [3.63, 3.8) is 0 Å². The second kappa shape index (κ2) is 7.92. The van der Waals surface area contributed by atoms with E-state index in [4.69, 9.17) is 4.74 Å². The summed E-state index contributed by atoms with van der Waals surface area (Å²) in [5.74, 6) is 6.30. The van der Waals surface area contributed by atoms with E-state index in [0.717, 1.165) is 19.5 Å².